The molecule has 2 rings (SSSR count). The largest absolute Gasteiger partial charge is 0.508 e. The van der Waals surface area contributed by atoms with Crippen LogP contribution in [0.1, 0.15) is 0 Å². The standard InChI is InChI=1S/C14H9F7O3/c15-7-12(16,17)24-14(20,21)13(18,19)23-11-4-2-8-5-10(22)3-1-9(8)6-11/h1-6,22H,7H2. The number of alkyl halides is 7. The van der Waals surface area contributed by atoms with Crippen LogP contribution in [0.2, 0.25) is 0 Å². The van der Waals surface area contributed by atoms with Gasteiger partial charge in [0.2, 0.25) is 0 Å². The predicted octanol–water partition coefficient (Wildman–Crippen LogP) is 4.69. The number of hydrogen-bond donors (Lipinski definition) is 1. The molecule has 10 heteroatoms. The van der Waals surface area contributed by atoms with Gasteiger partial charge in [-0.2, -0.15) is 26.3 Å². The molecular formula is C14H9F7O3. The fourth-order valence-electron chi connectivity index (χ4n) is 1.76. The number of halogens is 7. The molecule has 0 bridgehead atoms. The molecule has 0 radical (unpaired) electrons. The highest BCUT2D eigenvalue weighted by Crippen LogP contribution is 2.41. The van der Waals surface area contributed by atoms with Crippen molar-refractivity contribution in [2.45, 2.75) is 18.3 Å². The van der Waals surface area contributed by atoms with E-state index in [1.54, 1.807) is 0 Å². The minimum Gasteiger partial charge on any atom is -0.508 e. The van der Waals surface area contributed by atoms with Crippen LogP contribution >= 0.6 is 0 Å². The van der Waals surface area contributed by atoms with Crippen LogP contribution in [0, 0.1) is 0 Å². The summed E-state index contributed by atoms with van der Waals surface area (Å²) in [4.78, 5) is 0. The molecule has 24 heavy (non-hydrogen) atoms. The summed E-state index contributed by atoms with van der Waals surface area (Å²) in [6, 6.07) is 6.74. The molecule has 0 unspecified atom stereocenters. The normalized spacial score (nSPS) is 13.3. The number of hydrogen-bond acceptors (Lipinski definition) is 3. The van der Waals surface area contributed by atoms with Gasteiger partial charge < -0.3 is 9.84 Å². The van der Waals surface area contributed by atoms with Crippen LogP contribution in [-0.4, -0.2) is 30.1 Å². The summed E-state index contributed by atoms with van der Waals surface area (Å²) in [5.41, 5.74) is 0. The summed E-state index contributed by atoms with van der Waals surface area (Å²) in [7, 11) is 0. The highest BCUT2D eigenvalue weighted by molar-refractivity contribution is 5.85. The van der Waals surface area contributed by atoms with Crippen molar-refractivity contribution in [3.8, 4) is 11.5 Å². The van der Waals surface area contributed by atoms with Gasteiger partial charge in [-0.15, -0.1) is 0 Å². The topological polar surface area (TPSA) is 38.7 Å². The van der Waals surface area contributed by atoms with Crippen molar-refractivity contribution in [2.24, 2.45) is 0 Å². The Morgan fingerprint density at radius 2 is 1.42 bits per heavy atom. The lowest BCUT2D eigenvalue weighted by molar-refractivity contribution is -0.466. The second-order valence-corrected chi connectivity index (χ2v) is 4.70. The highest BCUT2D eigenvalue weighted by Gasteiger charge is 2.65. The zero-order valence-electron chi connectivity index (χ0n) is 11.6. The lowest BCUT2D eigenvalue weighted by Crippen LogP contribution is -2.51. The van der Waals surface area contributed by atoms with E-state index in [1.165, 1.54) is 24.3 Å². The number of aromatic hydroxyl groups is 1. The molecule has 0 fully saturated rings. The maximum Gasteiger partial charge on any atom is 0.494 e. The summed E-state index contributed by atoms with van der Waals surface area (Å²) in [5.74, 6) is -0.889. The molecule has 0 spiro atoms. The summed E-state index contributed by atoms with van der Waals surface area (Å²) < 4.78 is 96.3. The smallest absolute Gasteiger partial charge is 0.494 e. The first-order valence-electron chi connectivity index (χ1n) is 6.27. The van der Waals surface area contributed by atoms with E-state index in [9.17, 15) is 35.8 Å². The third kappa shape index (κ3) is 3.81. The maximum atomic E-state index is 13.4. The van der Waals surface area contributed by atoms with E-state index in [0.717, 1.165) is 12.1 Å². The molecule has 0 aliphatic heterocycles. The fraction of sp³-hybridized carbons (Fsp3) is 0.286. The molecule has 0 aliphatic rings. The van der Waals surface area contributed by atoms with Crippen LogP contribution in [0.25, 0.3) is 10.8 Å². The molecule has 1 N–H and O–H groups in total. The molecule has 2 aromatic rings. The third-order valence-electron chi connectivity index (χ3n) is 2.81. The van der Waals surface area contributed by atoms with Crippen LogP contribution in [0.4, 0.5) is 30.7 Å². The van der Waals surface area contributed by atoms with Gasteiger partial charge in [0.1, 0.15) is 11.5 Å². The number of phenolic OH excluding ortho intramolecular Hbond substituents is 1. The lowest BCUT2D eigenvalue weighted by Gasteiger charge is -2.28. The van der Waals surface area contributed by atoms with Gasteiger partial charge in [0, 0.05) is 0 Å². The number of benzene rings is 2. The minimum atomic E-state index is -5.79. The zero-order valence-corrected chi connectivity index (χ0v) is 11.6. The Balaban J connectivity index is 2.26. The van der Waals surface area contributed by atoms with Crippen molar-refractivity contribution in [1.82, 2.24) is 0 Å². The number of fused-ring (bicyclic) bond motifs is 1. The number of phenols is 1. The Morgan fingerprint density at radius 3 is 2.04 bits per heavy atom. The summed E-state index contributed by atoms with van der Waals surface area (Å²) in [6.45, 7) is -2.71. The first-order valence-corrected chi connectivity index (χ1v) is 6.27. The van der Waals surface area contributed by atoms with Crippen molar-refractivity contribution in [3.63, 3.8) is 0 Å². The van der Waals surface area contributed by atoms with Crippen molar-refractivity contribution in [1.29, 1.82) is 0 Å². The first kappa shape index (κ1) is 18.1. The molecule has 3 nitrogen and oxygen atoms in total. The van der Waals surface area contributed by atoms with Gasteiger partial charge in [0.05, 0.1) is 0 Å². The quantitative estimate of drug-likeness (QED) is 0.762. The van der Waals surface area contributed by atoms with E-state index in [1.807, 2.05) is 0 Å². The van der Waals surface area contributed by atoms with Crippen molar-refractivity contribution < 1.29 is 45.3 Å². The van der Waals surface area contributed by atoms with Gasteiger partial charge in [0.25, 0.3) is 0 Å². The summed E-state index contributed by atoms with van der Waals surface area (Å²) >= 11 is 0. The summed E-state index contributed by atoms with van der Waals surface area (Å²) in [5, 5.41) is 9.89. The minimum absolute atomic E-state index is 0.116. The predicted molar refractivity (Wildman–Crippen MR) is 68.1 cm³/mol. The van der Waals surface area contributed by atoms with Gasteiger partial charge >= 0.3 is 18.3 Å². The van der Waals surface area contributed by atoms with Crippen LogP contribution < -0.4 is 4.74 Å². The van der Waals surface area contributed by atoms with E-state index >= 15 is 0 Å². The monoisotopic (exact) mass is 358 g/mol. The zero-order chi connectivity index (χ0) is 18.2. The second-order valence-electron chi connectivity index (χ2n) is 4.70. The van der Waals surface area contributed by atoms with Gasteiger partial charge in [-0.25, -0.2) is 9.13 Å². The van der Waals surface area contributed by atoms with Crippen molar-refractivity contribution >= 4 is 10.8 Å². The van der Waals surface area contributed by atoms with Crippen LogP contribution in [0.15, 0.2) is 36.4 Å². The van der Waals surface area contributed by atoms with Gasteiger partial charge in [-0.05, 0) is 35.0 Å². The second kappa shape index (κ2) is 6.00. The SMILES string of the molecule is Oc1ccc2cc(OC(F)(F)C(F)(F)OC(F)(F)CF)ccc2c1. The Bertz CT molecular complexity index is 733. The van der Waals surface area contributed by atoms with Crippen LogP contribution in [0.3, 0.4) is 0 Å². The molecule has 0 saturated heterocycles. The molecule has 0 aromatic heterocycles. The Labute approximate surface area is 130 Å². The molecule has 132 valence electrons. The van der Waals surface area contributed by atoms with Gasteiger partial charge in [0.15, 0.2) is 6.67 Å². The first-order chi connectivity index (χ1) is 11.0. The molecule has 0 amide bonds. The summed E-state index contributed by atoms with van der Waals surface area (Å²) in [6.07, 6.45) is -16.4. The van der Waals surface area contributed by atoms with E-state index in [2.05, 4.69) is 9.47 Å². The van der Waals surface area contributed by atoms with Crippen molar-refractivity contribution in [2.75, 3.05) is 6.67 Å². The Hall–Kier alpha value is -2.23. The molecular weight excluding hydrogens is 349 g/mol. The molecule has 0 saturated carbocycles. The van der Waals surface area contributed by atoms with Crippen LogP contribution in [0.5, 0.6) is 11.5 Å². The third-order valence-corrected chi connectivity index (χ3v) is 2.81. The molecule has 0 atom stereocenters. The average molecular weight is 358 g/mol. The molecule has 0 aliphatic carbocycles. The number of ether oxygens (including phenoxy) is 2. The maximum absolute atomic E-state index is 13.4. The van der Waals surface area contributed by atoms with Gasteiger partial charge in [-0.1, -0.05) is 12.1 Å². The van der Waals surface area contributed by atoms with E-state index < -0.39 is 30.7 Å². The van der Waals surface area contributed by atoms with Crippen molar-refractivity contribution in [3.05, 3.63) is 36.4 Å². The lowest BCUT2D eigenvalue weighted by atomic mass is 10.1. The number of rotatable bonds is 6. The molecule has 0 heterocycles. The fourth-order valence-corrected chi connectivity index (χ4v) is 1.76. The van der Waals surface area contributed by atoms with Gasteiger partial charge in [-0.3, -0.25) is 0 Å². The average Bonchev–Trinajstić information content (AvgIpc) is 2.46. The van der Waals surface area contributed by atoms with Crippen LogP contribution in [-0.2, 0) is 4.74 Å². The van der Waals surface area contributed by atoms with E-state index in [-0.39, 0.29) is 11.1 Å². The highest BCUT2D eigenvalue weighted by atomic mass is 19.3. The van der Waals surface area contributed by atoms with E-state index in [4.69, 9.17) is 0 Å². The Morgan fingerprint density at radius 1 is 0.833 bits per heavy atom. The Kier molecular flexibility index (Phi) is 4.53. The molecule has 2 aromatic carbocycles. The van der Waals surface area contributed by atoms with E-state index in [0.29, 0.717) is 5.39 Å².